The average Bonchev–Trinajstić information content (AvgIpc) is 2.97. The van der Waals surface area contributed by atoms with E-state index in [0.717, 1.165) is 16.9 Å². The normalized spacial score (nSPS) is 16.6. The zero-order valence-corrected chi connectivity index (χ0v) is 14.4. The lowest BCUT2D eigenvalue weighted by molar-refractivity contribution is -0.116. The fraction of sp³-hybridized carbons (Fsp3) is 0.412. The number of nitrogens with zero attached hydrogens (tertiary/aromatic N) is 2. The molecule has 2 heterocycles. The van der Waals surface area contributed by atoms with Gasteiger partial charge in [0.15, 0.2) is 0 Å². The van der Waals surface area contributed by atoms with Crippen molar-refractivity contribution in [3.63, 3.8) is 0 Å². The minimum absolute atomic E-state index is 0.0336. The number of carbonyl (C=O) groups is 1. The van der Waals surface area contributed by atoms with Gasteiger partial charge in [0.2, 0.25) is 5.91 Å². The monoisotopic (exact) mass is 331 g/mol. The Balaban J connectivity index is 1.99. The van der Waals surface area contributed by atoms with Gasteiger partial charge in [-0.15, -0.1) is 0 Å². The Bertz CT molecular complexity index is 763. The molecule has 0 fully saturated rings. The molecule has 1 atom stereocenters. The molecule has 1 aromatic carbocycles. The van der Waals surface area contributed by atoms with E-state index in [9.17, 15) is 9.00 Å². The third kappa shape index (κ3) is 3.37. The summed E-state index contributed by atoms with van der Waals surface area (Å²) in [5.74, 6) is 1.83. The van der Waals surface area contributed by atoms with E-state index < -0.39 is 10.8 Å². The summed E-state index contributed by atoms with van der Waals surface area (Å²) in [6.45, 7) is 6.05. The molecule has 0 radical (unpaired) electrons. The Kier molecular flexibility index (Phi) is 4.35. The van der Waals surface area contributed by atoms with E-state index in [1.807, 2.05) is 45.0 Å². The van der Waals surface area contributed by atoms with Crippen LogP contribution >= 0.6 is 0 Å². The molecule has 6 heteroatoms. The summed E-state index contributed by atoms with van der Waals surface area (Å²) in [5.41, 5.74) is 3.79. The fourth-order valence-corrected chi connectivity index (χ4v) is 3.95. The molecule has 2 aromatic rings. The van der Waals surface area contributed by atoms with E-state index >= 15 is 0 Å². The number of hydrogen-bond acceptors (Lipinski definition) is 3. The summed E-state index contributed by atoms with van der Waals surface area (Å²) in [5, 5.41) is 7.57. The number of carbonyl (C=O) groups excluding carboxylic acids is 1. The van der Waals surface area contributed by atoms with Gasteiger partial charge in [-0.25, -0.2) is 4.68 Å². The highest BCUT2D eigenvalue weighted by atomic mass is 32.2. The van der Waals surface area contributed by atoms with Crippen LogP contribution in [0.4, 0.5) is 5.82 Å². The average molecular weight is 331 g/mol. The van der Waals surface area contributed by atoms with Crippen LogP contribution in [0.1, 0.15) is 37.1 Å². The summed E-state index contributed by atoms with van der Waals surface area (Å²) in [4.78, 5) is 12.2. The van der Waals surface area contributed by atoms with Crippen LogP contribution in [0.5, 0.6) is 0 Å². The summed E-state index contributed by atoms with van der Waals surface area (Å²) in [6.07, 6.45) is 0.455. The molecular formula is C17H21N3O2S. The molecule has 0 bridgehead atoms. The van der Waals surface area contributed by atoms with Crippen molar-refractivity contribution in [2.45, 2.75) is 38.7 Å². The Hall–Kier alpha value is -1.95. The number of nitrogens with one attached hydrogen (secondary N) is 1. The van der Waals surface area contributed by atoms with Crippen molar-refractivity contribution in [3.05, 3.63) is 41.1 Å². The SMILES string of the molecule is Cc1ccc(-n2nc3c(c2NC(=O)CC(C)C)C[S@@](=O)C3)cc1. The minimum Gasteiger partial charge on any atom is -0.310 e. The van der Waals surface area contributed by atoms with Crippen LogP contribution in [-0.2, 0) is 27.1 Å². The largest absolute Gasteiger partial charge is 0.310 e. The third-order valence-corrected chi connectivity index (χ3v) is 5.01. The molecule has 1 aromatic heterocycles. The molecule has 0 saturated carbocycles. The lowest BCUT2D eigenvalue weighted by atomic mass is 10.1. The van der Waals surface area contributed by atoms with Gasteiger partial charge in [-0.1, -0.05) is 31.5 Å². The molecular weight excluding hydrogens is 310 g/mol. The number of aromatic nitrogens is 2. The number of anilines is 1. The predicted octanol–water partition coefficient (Wildman–Crippen LogP) is 2.93. The van der Waals surface area contributed by atoms with Gasteiger partial charge in [0.05, 0.1) is 22.9 Å². The first-order chi connectivity index (χ1) is 10.9. The molecule has 5 nitrogen and oxygen atoms in total. The van der Waals surface area contributed by atoms with Crippen LogP contribution in [0.15, 0.2) is 24.3 Å². The van der Waals surface area contributed by atoms with E-state index in [0.29, 0.717) is 23.7 Å². The molecule has 3 rings (SSSR count). The molecule has 1 aliphatic rings. The van der Waals surface area contributed by atoms with E-state index in [1.165, 1.54) is 5.56 Å². The molecule has 0 spiro atoms. The first-order valence-electron chi connectivity index (χ1n) is 7.76. The number of rotatable bonds is 4. The summed E-state index contributed by atoms with van der Waals surface area (Å²) >= 11 is 0. The maximum atomic E-state index is 12.2. The van der Waals surface area contributed by atoms with Crippen molar-refractivity contribution in [1.82, 2.24) is 9.78 Å². The van der Waals surface area contributed by atoms with Gasteiger partial charge in [0.25, 0.3) is 0 Å². The van der Waals surface area contributed by atoms with E-state index in [4.69, 9.17) is 0 Å². The minimum atomic E-state index is -0.920. The summed E-state index contributed by atoms with van der Waals surface area (Å²) in [6, 6.07) is 7.99. The van der Waals surface area contributed by atoms with Crippen molar-refractivity contribution in [2.24, 2.45) is 5.92 Å². The number of hydrogen-bond donors (Lipinski definition) is 1. The van der Waals surface area contributed by atoms with E-state index in [2.05, 4.69) is 10.4 Å². The Morgan fingerprint density at radius 1 is 1.30 bits per heavy atom. The van der Waals surface area contributed by atoms with Crippen LogP contribution in [-0.4, -0.2) is 19.9 Å². The van der Waals surface area contributed by atoms with Gasteiger partial charge in [-0.3, -0.25) is 9.00 Å². The lowest BCUT2D eigenvalue weighted by Crippen LogP contribution is -2.17. The van der Waals surface area contributed by atoms with E-state index in [1.54, 1.807) is 4.68 Å². The van der Waals surface area contributed by atoms with Gasteiger partial charge < -0.3 is 5.32 Å². The quantitative estimate of drug-likeness (QED) is 0.937. The first-order valence-corrected chi connectivity index (χ1v) is 9.25. The van der Waals surface area contributed by atoms with Crippen LogP contribution < -0.4 is 5.32 Å². The topological polar surface area (TPSA) is 64.0 Å². The Labute approximate surface area is 138 Å². The molecule has 23 heavy (non-hydrogen) atoms. The number of benzene rings is 1. The van der Waals surface area contributed by atoms with Crippen molar-refractivity contribution in [3.8, 4) is 5.69 Å². The van der Waals surface area contributed by atoms with Gasteiger partial charge in [0.1, 0.15) is 5.82 Å². The van der Waals surface area contributed by atoms with Gasteiger partial charge in [-0.05, 0) is 25.0 Å². The Morgan fingerprint density at radius 2 is 2.00 bits per heavy atom. The van der Waals surface area contributed by atoms with Crippen LogP contribution in [0, 0.1) is 12.8 Å². The van der Waals surface area contributed by atoms with E-state index in [-0.39, 0.29) is 11.8 Å². The fourth-order valence-electron chi connectivity index (χ4n) is 2.68. The standard InChI is InChI=1S/C17H21N3O2S/c1-11(2)8-16(21)18-17-14-9-23(22)10-15(14)19-20(17)13-6-4-12(3)5-7-13/h4-7,11H,8-10H2,1-3H3,(H,18,21)/t23-/m1/s1. The van der Waals surface area contributed by atoms with Crippen molar-refractivity contribution >= 4 is 22.5 Å². The van der Waals surface area contributed by atoms with Gasteiger partial charge in [-0.2, -0.15) is 5.10 Å². The summed E-state index contributed by atoms with van der Waals surface area (Å²) < 4.78 is 13.6. The third-order valence-electron chi connectivity index (χ3n) is 3.80. The highest BCUT2D eigenvalue weighted by Gasteiger charge is 2.28. The molecule has 1 aliphatic heterocycles. The number of aryl methyl sites for hydroxylation is 1. The zero-order chi connectivity index (χ0) is 16.6. The highest BCUT2D eigenvalue weighted by Crippen LogP contribution is 2.31. The molecule has 0 unspecified atom stereocenters. The van der Waals surface area contributed by atoms with Crippen molar-refractivity contribution in [2.75, 3.05) is 5.32 Å². The zero-order valence-electron chi connectivity index (χ0n) is 13.6. The second kappa shape index (κ2) is 6.28. The van der Waals surface area contributed by atoms with Gasteiger partial charge in [0, 0.05) is 22.8 Å². The molecule has 0 aliphatic carbocycles. The second-order valence-electron chi connectivity index (χ2n) is 6.40. The molecule has 1 amide bonds. The Morgan fingerprint density at radius 3 is 2.65 bits per heavy atom. The maximum absolute atomic E-state index is 12.2. The lowest BCUT2D eigenvalue weighted by Gasteiger charge is -2.12. The molecule has 0 saturated heterocycles. The molecule has 122 valence electrons. The van der Waals surface area contributed by atoms with Crippen molar-refractivity contribution in [1.29, 1.82) is 0 Å². The maximum Gasteiger partial charge on any atom is 0.225 e. The van der Waals surface area contributed by atoms with Crippen LogP contribution in [0.2, 0.25) is 0 Å². The predicted molar refractivity (Wildman–Crippen MR) is 91.9 cm³/mol. The highest BCUT2D eigenvalue weighted by molar-refractivity contribution is 7.83. The smallest absolute Gasteiger partial charge is 0.225 e. The number of amides is 1. The van der Waals surface area contributed by atoms with Crippen LogP contribution in [0.25, 0.3) is 5.69 Å². The molecule has 1 N–H and O–H groups in total. The van der Waals surface area contributed by atoms with Crippen LogP contribution in [0.3, 0.4) is 0 Å². The second-order valence-corrected chi connectivity index (χ2v) is 7.85. The van der Waals surface area contributed by atoms with Gasteiger partial charge >= 0.3 is 0 Å². The first kappa shape index (κ1) is 15.9. The van der Waals surface area contributed by atoms with Crippen molar-refractivity contribution < 1.29 is 9.00 Å². The summed E-state index contributed by atoms with van der Waals surface area (Å²) in [7, 11) is -0.920. The number of fused-ring (bicyclic) bond motifs is 1.